The highest BCUT2D eigenvalue weighted by atomic mass is 16.7. The summed E-state index contributed by atoms with van der Waals surface area (Å²) >= 11 is 0. The SMILES string of the molecule is N#C[C@@H](C(=O)NC1CCCCC1)c1nc2ccccc2nc1N1CCN(Cc2ccc3c(c2)OCO3)CC1. The molecule has 1 atom stereocenters. The van der Waals surface area contributed by atoms with Gasteiger partial charge in [0.1, 0.15) is 5.69 Å². The molecule has 1 N–H and O–H groups in total. The monoisotopic (exact) mass is 512 g/mol. The molecular weight excluding hydrogens is 480 g/mol. The van der Waals surface area contributed by atoms with Crippen molar-refractivity contribution in [2.45, 2.75) is 50.6 Å². The van der Waals surface area contributed by atoms with E-state index in [1.165, 1.54) is 12.0 Å². The van der Waals surface area contributed by atoms with Crippen molar-refractivity contribution in [1.82, 2.24) is 20.2 Å². The molecule has 1 aliphatic carbocycles. The second-order valence-corrected chi connectivity index (χ2v) is 10.3. The molecule has 2 aliphatic heterocycles. The maximum Gasteiger partial charge on any atom is 0.243 e. The fraction of sp³-hybridized carbons (Fsp3) is 0.448. The summed E-state index contributed by atoms with van der Waals surface area (Å²) in [7, 11) is 0. The Labute approximate surface area is 222 Å². The Morgan fingerprint density at radius 1 is 1.00 bits per heavy atom. The van der Waals surface area contributed by atoms with Crippen LogP contribution in [0.15, 0.2) is 42.5 Å². The number of carbonyl (C=O) groups excluding carboxylic acids is 1. The zero-order valence-electron chi connectivity index (χ0n) is 21.4. The maximum absolute atomic E-state index is 13.3. The van der Waals surface area contributed by atoms with Gasteiger partial charge in [0, 0.05) is 38.8 Å². The Bertz CT molecular complexity index is 1360. The largest absolute Gasteiger partial charge is 0.454 e. The van der Waals surface area contributed by atoms with Crippen molar-refractivity contribution in [1.29, 1.82) is 5.26 Å². The predicted octanol–water partition coefficient (Wildman–Crippen LogP) is 3.74. The summed E-state index contributed by atoms with van der Waals surface area (Å²) in [6, 6.07) is 16.1. The van der Waals surface area contributed by atoms with Gasteiger partial charge in [-0.25, -0.2) is 9.97 Å². The Balaban J connectivity index is 1.21. The van der Waals surface area contributed by atoms with Gasteiger partial charge in [0.25, 0.3) is 0 Å². The number of benzene rings is 2. The van der Waals surface area contributed by atoms with E-state index in [4.69, 9.17) is 19.4 Å². The van der Waals surface area contributed by atoms with E-state index in [2.05, 4.69) is 27.3 Å². The van der Waals surface area contributed by atoms with E-state index in [-0.39, 0.29) is 18.7 Å². The number of aromatic nitrogens is 2. The van der Waals surface area contributed by atoms with Crippen LogP contribution in [-0.4, -0.2) is 59.8 Å². The Morgan fingerprint density at radius 2 is 1.74 bits per heavy atom. The van der Waals surface area contributed by atoms with Gasteiger partial charge in [0.15, 0.2) is 23.2 Å². The summed E-state index contributed by atoms with van der Waals surface area (Å²) in [4.78, 5) is 27.6. The van der Waals surface area contributed by atoms with Crippen LogP contribution in [0.2, 0.25) is 0 Å². The molecule has 2 aromatic carbocycles. The number of nitriles is 1. The number of amides is 1. The molecule has 9 nitrogen and oxygen atoms in total. The van der Waals surface area contributed by atoms with Crippen LogP contribution >= 0.6 is 0 Å². The van der Waals surface area contributed by atoms with Crippen molar-refractivity contribution in [3.8, 4) is 17.6 Å². The number of ether oxygens (including phenoxy) is 2. The number of rotatable bonds is 6. The van der Waals surface area contributed by atoms with Crippen LogP contribution < -0.4 is 19.7 Å². The van der Waals surface area contributed by atoms with Gasteiger partial charge in [-0.3, -0.25) is 9.69 Å². The second kappa shape index (κ2) is 10.8. The summed E-state index contributed by atoms with van der Waals surface area (Å²) in [6.07, 6.45) is 5.35. The minimum absolute atomic E-state index is 0.128. The van der Waals surface area contributed by atoms with E-state index in [9.17, 15) is 10.1 Å². The molecule has 0 spiro atoms. The molecule has 6 rings (SSSR count). The van der Waals surface area contributed by atoms with Crippen LogP contribution in [0.1, 0.15) is 49.3 Å². The van der Waals surface area contributed by atoms with E-state index >= 15 is 0 Å². The first-order valence-corrected chi connectivity index (χ1v) is 13.5. The first-order chi connectivity index (χ1) is 18.7. The highest BCUT2D eigenvalue weighted by Gasteiger charge is 2.31. The average Bonchev–Trinajstić information content (AvgIpc) is 3.42. The molecular formula is C29H32N6O3. The Morgan fingerprint density at radius 3 is 2.50 bits per heavy atom. The van der Waals surface area contributed by atoms with Crippen LogP contribution in [0, 0.1) is 11.3 Å². The highest BCUT2D eigenvalue weighted by molar-refractivity contribution is 5.89. The van der Waals surface area contributed by atoms with Crippen LogP contribution in [-0.2, 0) is 11.3 Å². The van der Waals surface area contributed by atoms with Gasteiger partial charge >= 0.3 is 0 Å². The van der Waals surface area contributed by atoms with Crippen molar-refractivity contribution < 1.29 is 14.3 Å². The second-order valence-electron chi connectivity index (χ2n) is 10.3. The number of carbonyl (C=O) groups is 1. The van der Waals surface area contributed by atoms with Gasteiger partial charge in [-0.15, -0.1) is 0 Å². The van der Waals surface area contributed by atoms with Crippen LogP contribution in [0.3, 0.4) is 0 Å². The minimum Gasteiger partial charge on any atom is -0.454 e. The minimum atomic E-state index is -1.00. The standard InChI is InChI=1S/C29H32N6O3/c30-17-22(29(36)31-21-6-2-1-3-7-21)27-28(33-24-9-5-4-8-23(24)32-27)35-14-12-34(13-15-35)18-20-10-11-25-26(16-20)38-19-37-25/h4-5,8-11,16,21-22H,1-3,6-7,12-15,18-19H2,(H,31,36)/t22-/m1/s1. The van der Waals surface area contributed by atoms with Crippen LogP contribution in [0.5, 0.6) is 11.5 Å². The van der Waals surface area contributed by atoms with E-state index in [1.54, 1.807) is 0 Å². The lowest BCUT2D eigenvalue weighted by Gasteiger charge is -2.36. The summed E-state index contributed by atoms with van der Waals surface area (Å²) < 4.78 is 11.0. The molecule has 9 heteroatoms. The normalized spacial score (nSPS) is 18.8. The zero-order chi connectivity index (χ0) is 25.9. The Hall–Kier alpha value is -3.90. The van der Waals surface area contributed by atoms with Crippen molar-refractivity contribution in [3.63, 3.8) is 0 Å². The fourth-order valence-corrected chi connectivity index (χ4v) is 5.62. The van der Waals surface area contributed by atoms with Gasteiger partial charge < -0.3 is 19.7 Å². The lowest BCUT2D eigenvalue weighted by atomic mass is 9.94. The Kier molecular flexibility index (Phi) is 6.97. The average molecular weight is 513 g/mol. The molecule has 1 saturated heterocycles. The number of hydrogen-bond donors (Lipinski definition) is 1. The van der Waals surface area contributed by atoms with E-state index in [0.717, 1.165) is 75.4 Å². The number of nitrogens with zero attached hydrogens (tertiary/aromatic N) is 5. The lowest BCUT2D eigenvalue weighted by Crippen LogP contribution is -2.47. The molecule has 1 saturated carbocycles. The molecule has 38 heavy (non-hydrogen) atoms. The van der Waals surface area contributed by atoms with E-state index < -0.39 is 5.92 Å². The van der Waals surface area contributed by atoms with Gasteiger partial charge in [-0.2, -0.15) is 5.26 Å². The first-order valence-electron chi connectivity index (χ1n) is 13.5. The molecule has 0 radical (unpaired) electrons. The van der Waals surface area contributed by atoms with Gasteiger partial charge in [-0.05, 0) is 42.7 Å². The third-order valence-electron chi connectivity index (χ3n) is 7.71. The molecule has 1 aromatic heterocycles. The fourth-order valence-electron chi connectivity index (χ4n) is 5.62. The molecule has 3 aliphatic rings. The predicted molar refractivity (Wildman–Crippen MR) is 143 cm³/mol. The number of para-hydroxylation sites is 2. The van der Waals surface area contributed by atoms with Crippen LogP contribution in [0.25, 0.3) is 11.0 Å². The topological polar surface area (TPSA) is 104 Å². The summed E-state index contributed by atoms with van der Waals surface area (Å²) in [5.74, 6) is 0.950. The molecule has 3 heterocycles. The third-order valence-corrected chi connectivity index (χ3v) is 7.71. The van der Waals surface area contributed by atoms with Gasteiger partial charge in [-0.1, -0.05) is 37.5 Å². The molecule has 3 aromatic rings. The molecule has 196 valence electrons. The van der Waals surface area contributed by atoms with Crippen molar-refractivity contribution in [2.75, 3.05) is 37.9 Å². The smallest absolute Gasteiger partial charge is 0.243 e. The van der Waals surface area contributed by atoms with Gasteiger partial charge in [0.05, 0.1) is 17.1 Å². The molecule has 0 bridgehead atoms. The van der Waals surface area contributed by atoms with Gasteiger partial charge in [0.2, 0.25) is 12.7 Å². The van der Waals surface area contributed by atoms with Crippen molar-refractivity contribution in [2.24, 2.45) is 0 Å². The highest BCUT2D eigenvalue weighted by Crippen LogP contribution is 2.33. The third kappa shape index (κ3) is 5.09. The van der Waals surface area contributed by atoms with Crippen molar-refractivity contribution >= 4 is 22.8 Å². The number of hydrogen-bond acceptors (Lipinski definition) is 8. The quantitative estimate of drug-likeness (QED) is 0.533. The summed E-state index contributed by atoms with van der Waals surface area (Å²) in [5, 5.41) is 13.2. The first kappa shape index (κ1) is 24.4. The van der Waals surface area contributed by atoms with Crippen LogP contribution in [0.4, 0.5) is 5.82 Å². The molecule has 2 fully saturated rings. The van der Waals surface area contributed by atoms with E-state index in [0.29, 0.717) is 17.0 Å². The molecule has 1 amide bonds. The summed E-state index contributed by atoms with van der Waals surface area (Å²) in [5.41, 5.74) is 3.08. The number of nitrogens with one attached hydrogen (secondary N) is 1. The summed E-state index contributed by atoms with van der Waals surface area (Å²) in [6.45, 7) is 4.20. The van der Waals surface area contributed by atoms with E-state index in [1.807, 2.05) is 36.4 Å². The number of anilines is 1. The number of fused-ring (bicyclic) bond motifs is 2. The van der Waals surface area contributed by atoms with Crippen molar-refractivity contribution in [3.05, 3.63) is 53.7 Å². The number of piperazine rings is 1. The zero-order valence-corrected chi connectivity index (χ0v) is 21.4. The lowest BCUT2D eigenvalue weighted by molar-refractivity contribution is -0.122. The maximum atomic E-state index is 13.3. The molecule has 0 unspecified atom stereocenters.